The Labute approximate surface area is 91.2 Å². The van der Waals surface area contributed by atoms with Crippen LogP contribution in [-0.4, -0.2) is 35.6 Å². The lowest BCUT2D eigenvalue weighted by Gasteiger charge is -2.36. The fourth-order valence-electron chi connectivity index (χ4n) is 2.78. The molecule has 3 N–H and O–H groups in total. The van der Waals surface area contributed by atoms with Gasteiger partial charge in [0.05, 0.1) is 5.54 Å². The smallest absolute Gasteiger partial charge is 0.318 e. The number of fused-ring (bicyclic) bond motifs is 1. The van der Waals surface area contributed by atoms with Crippen LogP contribution in [-0.2, 0) is 0 Å². The van der Waals surface area contributed by atoms with Crippen LogP contribution in [0.25, 0.3) is 0 Å². The second-order valence-electron chi connectivity index (χ2n) is 5.11. The number of urea groups is 1. The number of hydrogen-bond acceptors (Lipinski definition) is 2. The third-order valence-electron chi connectivity index (χ3n) is 3.68. The van der Waals surface area contributed by atoms with Gasteiger partial charge in [0.2, 0.25) is 0 Å². The topological polar surface area (TPSA) is 58.4 Å². The third kappa shape index (κ3) is 1.71. The summed E-state index contributed by atoms with van der Waals surface area (Å²) in [5.74, 6) is 0.661. The predicted molar refractivity (Wildman–Crippen MR) is 59.5 cm³/mol. The maximum absolute atomic E-state index is 12.0. The number of carbonyl (C=O) groups is 1. The lowest BCUT2D eigenvalue weighted by atomic mass is 10.0. The molecule has 1 aliphatic carbocycles. The molecule has 2 rings (SSSR count). The normalized spacial score (nSPS) is 33.9. The van der Waals surface area contributed by atoms with Crippen molar-refractivity contribution in [3.05, 3.63) is 0 Å². The van der Waals surface area contributed by atoms with Crippen LogP contribution in [0.1, 0.15) is 33.1 Å². The minimum atomic E-state index is 0.0111. The highest BCUT2D eigenvalue weighted by molar-refractivity contribution is 5.76. The summed E-state index contributed by atoms with van der Waals surface area (Å²) in [6.07, 6.45) is 3.47. The molecule has 0 aromatic heterocycles. The molecule has 2 unspecified atom stereocenters. The maximum atomic E-state index is 12.0. The number of nitrogens with two attached hydrogens (primary N) is 1. The highest BCUT2D eigenvalue weighted by Crippen LogP contribution is 2.53. The number of nitrogens with one attached hydrogen (secondary N) is 1. The molecule has 2 amide bonds. The standard InChI is InChI=1S/C11H21N3O/c1-8(2)13-10(15)14-5-3-4-9-6-11(9,14)7-12/h8-9H,3-7,12H2,1-2H3,(H,13,15). The van der Waals surface area contributed by atoms with Gasteiger partial charge in [0.1, 0.15) is 0 Å². The van der Waals surface area contributed by atoms with Gasteiger partial charge in [0.25, 0.3) is 0 Å². The van der Waals surface area contributed by atoms with E-state index < -0.39 is 0 Å². The molecule has 1 saturated carbocycles. The molecule has 15 heavy (non-hydrogen) atoms. The quantitative estimate of drug-likeness (QED) is 0.713. The molecule has 1 heterocycles. The molecule has 0 aromatic carbocycles. The number of likely N-dealkylation sites (tertiary alicyclic amines) is 1. The largest absolute Gasteiger partial charge is 0.336 e. The van der Waals surface area contributed by atoms with Gasteiger partial charge in [-0.15, -0.1) is 0 Å². The number of nitrogens with zero attached hydrogens (tertiary/aromatic N) is 1. The number of rotatable bonds is 2. The van der Waals surface area contributed by atoms with Gasteiger partial charge in [-0.2, -0.15) is 0 Å². The van der Waals surface area contributed by atoms with Crippen molar-refractivity contribution in [2.45, 2.75) is 44.7 Å². The highest BCUT2D eigenvalue weighted by Gasteiger charge is 2.60. The Kier molecular flexibility index (Phi) is 2.63. The third-order valence-corrected chi connectivity index (χ3v) is 3.68. The van der Waals surface area contributed by atoms with Crippen LogP contribution >= 0.6 is 0 Å². The Hall–Kier alpha value is -0.770. The van der Waals surface area contributed by atoms with E-state index in [1.807, 2.05) is 18.7 Å². The van der Waals surface area contributed by atoms with Crippen molar-refractivity contribution >= 4 is 6.03 Å². The fourth-order valence-corrected chi connectivity index (χ4v) is 2.78. The molecule has 0 aromatic rings. The van der Waals surface area contributed by atoms with Gasteiger partial charge in [-0.3, -0.25) is 0 Å². The molecule has 0 bridgehead atoms. The van der Waals surface area contributed by atoms with Crippen molar-refractivity contribution < 1.29 is 4.79 Å². The summed E-state index contributed by atoms with van der Waals surface area (Å²) in [5, 5.41) is 2.96. The summed E-state index contributed by atoms with van der Waals surface area (Å²) < 4.78 is 0. The zero-order valence-electron chi connectivity index (χ0n) is 9.62. The van der Waals surface area contributed by atoms with Crippen LogP contribution in [0.5, 0.6) is 0 Å². The fraction of sp³-hybridized carbons (Fsp3) is 0.909. The SMILES string of the molecule is CC(C)NC(=O)N1CCCC2CC21CN. The molecule has 4 heteroatoms. The molecular formula is C11H21N3O. The van der Waals surface area contributed by atoms with Crippen molar-refractivity contribution in [3.8, 4) is 0 Å². The van der Waals surface area contributed by atoms with E-state index in [0.717, 1.165) is 19.4 Å². The first-order chi connectivity index (χ1) is 7.10. The van der Waals surface area contributed by atoms with E-state index >= 15 is 0 Å². The molecule has 2 atom stereocenters. The molecular weight excluding hydrogens is 190 g/mol. The van der Waals surface area contributed by atoms with Gasteiger partial charge in [-0.05, 0) is 39.0 Å². The average Bonchev–Trinajstić information content (AvgIpc) is 2.90. The van der Waals surface area contributed by atoms with Gasteiger partial charge in [-0.1, -0.05) is 0 Å². The first kappa shape index (κ1) is 10.7. The molecule has 1 aliphatic heterocycles. The lowest BCUT2D eigenvalue weighted by molar-refractivity contribution is 0.142. The zero-order valence-corrected chi connectivity index (χ0v) is 9.62. The summed E-state index contributed by atoms with van der Waals surface area (Å²) in [6, 6.07) is 0.268. The van der Waals surface area contributed by atoms with Crippen molar-refractivity contribution in [2.24, 2.45) is 11.7 Å². The van der Waals surface area contributed by atoms with Gasteiger partial charge in [-0.25, -0.2) is 4.79 Å². The molecule has 4 nitrogen and oxygen atoms in total. The van der Waals surface area contributed by atoms with Crippen molar-refractivity contribution in [1.82, 2.24) is 10.2 Å². The van der Waals surface area contributed by atoms with E-state index in [1.165, 1.54) is 6.42 Å². The Bertz CT molecular complexity index is 267. The first-order valence-corrected chi connectivity index (χ1v) is 5.88. The summed E-state index contributed by atoms with van der Waals surface area (Å²) in [6.45, 7) is 5.46. The molecule has 2 fully saturated rings. The van der Waals surface area contributed by atoms with Crippen molar-refractivity contribution in [1.29, 1.82) is 0 Å². The van der Waals surface area contributed by atoms with E-state index in [9.17, 15) is 4.79 Å². The highest BCUT2D eigenvalue weighted by atomic mass is 16.2. The first-order valence-electron chi connectivity index (χ1n) is 5.88. The maximum Gasteiger partial charge on any atom is 0.318 e. The van der Waals surface area contributed by atoms with E-state index in [-0.39, 0.29) is 17.6 Å². The number of hydrogen-bond donors (Lipinski definition) is 2. The van der Waals surface area contributed by atoms with Gasteiger partial charge in [0, 0.05) is 19.1 Å². The van der Waals surface area contributed by atoms with Crippen LogP contribution in [0.15, 0.2) is 0 Å². The second kappa shape index (κ2) is 3.67. The Morgan fingerprint density at radius 1 is 1.67 bits per heavy atom. The van der Waals surface area contributed by atoms with E-state index in [4.69, 9.17) is 5.73 Å². The average molecular weight is 211 g/mol. The summed E-state index contributed by atoms with van der Waals surface area (Å²) in [7, 11) is 0. The second-order valence-corrected chi connectivity index (χ2v) is 5.11. The Balaban J connectivity index is 2.04. The molecule has 1 saturated heterocycles. The van der Waals surface area contributed by atoms with Crippen molar-refractivity contribution in [2.75, 3.05) is 13.1 Å². The van der Waals surface area contributed by atoms with Gasteiger partial charge >= 0.3 is 6.03 Å². The summed E-state index contributed by atoms with van der Waals surface area (Å²) in [5.41, 5.74) is 5.83. The van der Waals surface area contributed by atoms with E-state index in [0.29, 0.717) is 12.5 Å². The van der Waals surface area contributed by atoms with Crippen LogP contribution < -0.4 is 11.1 Å². The Morgan fingerprint density at radius 2 is 2.40 bits per heavy atom. The summed E-state index contributed by atoms with van der Waals surface area (Å²) in [4.78, 5) is 13.9. The zero-order chi connectivity index (χ0) is 11.1. The molecule has 0 spiro atoms. The minimum absolute atomic E-state index is 0.0111. The van der Waals surface area contributed by atoms with E-state index in [1.54, 1.807) is 0 Å². The predicted octanol–water partition coefficient (Wildman–Crippen LogP) is 0.918. The number of piperidine rings is 1. The summed E-state index contributed by atoms with van der Waals surface area (Å²) >= 11 is 0. The minimum Gasteiger partial charge on any atom is -0.336 e. The van der Waals surface area contributed by atoms with Crippen LogP contribution in [0.2, 0.25) is 0 Å². The molecule has 86 valence electrons. The van der Waals surface area contributed by atoms with Crippen LogP contribution in [0.3, 0.4) is 0 Å². The van der Waals surface area contributed by atoms with Crippen molar-refractivity contribution in [3.63, 3.8) is 0 Å². The van der Waals surface area contributed by atoms with Crippen LogP contribution in [0, 0.1) is 5.92 Å². The number of carbonyl (C=O) groups excluding carboxylic acids is 1. The molecule has 2 aliphatic rings. The van der Waals surface area contributed by atoms with Gasteiger partial charge in [0.15, 0.2) is 0 Å². The monoisotopic (exact) mass is 211 g/mol. The van der Waals surface area contributed by atoms with E-state index in [2.05, 4.69) is 5.32 Å². The Morgan fingerprint density at radius 3 is 3.00 bits per heavy atom. The number of amides is 2. The van der Waals surface area contributed by atoms with Crippen LogP contribution in [0.4, 0.5) is 4.79 Å². The van der Waals surface area contributed by atoms with Gasteiger partial charge < -0.3 is 16.0 Å². The lowest BCUT2D eigenvalue weighted by Crippen LogP contribution is -2.55. The molecule has 0 radical (unpaired) electrons.